The first-order chi connectivity index (χ1) is 38.4. The number of hydrogen-bond donors (Lipinski definition) is 4. The van der Waals surface area contributed by atoms with Crippen LogP contribution in [0, 0.1) is 5.41 Å². The predicted octanol–water partition coefficient (Wildman–Crippen LogP) is 15.9. The van der Waals surface area contributed by atoms with Crippen LogP contribution < -0.4 is 0 Å². The largest absolute Gasteiger partial charge is 0.508 e. The molecule has 0 aliphatic carbocycles. The molecule has 12 nitrogen and oxygen atoms in total. The second kappa shape index (κ2) is 26.5. The molecular weight excluding hydrogens is 1070 g/mol. The van der Waals surface area contributed by atoms with E-state index in [1.54, 1.807) is 24.3 Å². The first-order valence-corrected chi connectivity index (χ1v) is 30.5. The molecule has 4 rings (SSSR count). The Hall–Kier alpha value is -6.04. The zero-order valence-corrected chi connectivity index (χ0v) is 56.7. The minimum atomic E-state index is -1.59. The molecule has 0 heterocycles. The van der Waals surface area contributed by atoms with Crippen molar-refractivity contribution in [3.63, 3.8) is 0 Å². The molecule has 0 bridgehead atoms. The molecule has 4 aromatic carbocycles. The Kier molecular flexibility index (Phi) is 22.3. The standard InChI is InChI=1S/C73H108O12/c1-65(2,3)49-37-57(74)53(69(13,14)15)33-45(49)25-29-61(78)82-41-73(42-83-62(79)30-26-46-34-54(70(16,17)18)58(75)38-50(46)66(4,5)6,43-84-63(80)31-27-47-35-55(71(19,20)21)59(76)39-51(47)67(7,8)9)44-85-64(81)32-28-48-36-56(72(22,23)24)60(77)40-52(48)68(10,11)12/h33-40,74-77H,25-32,41-44H2,1-24H3. The Morgan fingerprint density at radius 1 is 0.271 bits per heavy atom. The van der Waals surface area contributed by atoms with Crippen molar-refractivity contribution in [2.24, 2.45) is 5.41 Å². The molecule has 4 N–H and O–H groups in total. The second-order valence-corrected chi connectivity index (χ2v) is 32.2. The number of carbonyl (C=O) groups excluding carboxylic acids is 4. The van der Waals surface area contributed by atoms with Gasteiger partial charge in [-0.1, -0.05) is 190 Å². The summed E-state index contributed by atoms with van der Waals surface area (Å²) in [5.74, 6) is -1.66. The highest BCUT2D eigenvalue weighted by atomic mass is 16.6. The number of esters is 4. The molecule has 0 amide bonds. The molecule has 0 saturated carbocycles. The van der Waals surface area contributed by atoms with Gasteiger partial charge in [0.2, 0.25) is 0 Å². The van der Waals surface area contributed by atoms with Gasteiger partial charge >= 0.3 is 23.9 Å². The molecule has 472 valence electrons. The van der Waals surface area contributed by atoms with Crippen molar-refractivity contribution in [2.45, 2.75) is 261 Å². The van der Waals surface area contributed by atoms with Crippen LogP contribution in [0.3, 0.4) is 0 Å². The molecule has 0 saturated heterocycles. The summed E-state index contributed by atoms with van der Waals surface area (Å²) >= 11 is 0. The average molecular weight is 1180 g/mol. The van der Waals surface area contributed by atoms with Crippen molar-refractivity contribution in [2.75, 3.05) is 26.4 Å². The highest BCUT2D eigenvalue weighted by molar-refractivity contribution is 5.72. The van der Waals surface area contributed by atoms with E-state index in [-0.39, 0.29) is 96.0 Å². The van der Waals surface area contributed by atoms with Crippen molar-refractivity contribution in [3.05, 3.63) is 115 Å². The number of aromatic hydroxyl groups is 4. The van der Waals surface area contributed by atoms with Crippen LogP contribution in [0.4, 0.5) is 0 Å². The van der Waals surface area contributed by atoms with Gasteiger partial charge < -0.3 is 39.4 Å². The van der Waals surface area contributed by atoms with E-state index in [0.717, 1.165) is 66.8 Å². The Balaban J connectivity index is 1.80. The van der Waals surface area contributed by atoms with Gasteiger partial charge in [-0.25, -0.2) is 0 Å². The van der Waals surface area contributed by atoms with Gasteiger partial charge in [0.05, 0.1) is 0 Å². The molecule has 0 aliphatic heterocycles. The number of aryl methyl sites for hydroxylation is 4. The minimum absolute atomic E-state index is 0.0647. The second-order valence-electron chi connectivity index (χ2n) is 32.2. The third kappa shape index (κ3) is 20.0. The van der Waals surface area contributed by atoms with Gasteiger partial charge in [-0.05, 0) is 160 Å². The van der Waals surface area contributed by atoms with E-state index in [0.29, 0.717) is 0 Å². The van der Waals surface area contributed by atoms with Crippen LogP contribution in [0.1, 0.15) is 259 Å². The molecule has 0 aromatic heterocycles. The lowest BCUT2D eigenvalue weighted by Gasteiger charge is -2.32. The summed E-state index contributed by atoms with van der Waals surface area (Å²) in [7, 11) is 0. The summed E-state index contributed by atoms with van der Waals surface area (Å²) in [5, 5.41) is 44.7. The van der Waals surface area contributed by atoms with E-state index in [1.165, 1.54) is 0 Å². The summed E-state index contributed by atoms with van der Waals surface area (Å²) in [4.78, 5) is 56.9. The Bertz CT molecular complexity index is 2610. The maximum absolute atomic E-state index is 14.2. The Morgan fingerprint density at radius 3 is 0.565 bits per heavy atom. The van der Waals surface area contributed by atoms with Gasteiger partial charge in [0, 0.05) is 25.7 Å². The SMILES string of the molecule is CC(C)(C)c1cc(CCC(=O)OCC(COC(=O)CCc2cc(C(C)(C)C)c(O)cc2C(C)(C)C)(COC(=O)CCc2cc(C(C)(C)C)c(O)cc2C(C)(C)C)COC(=O)CCc2cc(C(C)(C)C)c(O)cc2C(C)(C)C)c(C(C)(C)C)cc1O. The fraction of sp³-hybridized carbons (Fsp3) is 0.616. The van der Waals surface area contributed by atoms with Crippen LogP contribution in [0.5, 0.6) is 23.0 Å². The van der Waals surface area contributed by atoms with Crippen LogP contribution >= 0.6 is 0 Å². The predicted molar refractivity (Wildman–Crippen MR) is 342 cm³/mol. The summed E-state index contributed by atoms with van der Waals surface area (Å²) in [6.07, 6.45) is 0.856. The zero-order valence-electron chi connectivity index (χ0n) is 56.7. The van der Waals surface area contributed by atoms with E-state index < -0.39 is 77.4 Å². The topological polar surface area (TPSA) is 186 Å². The molecule has 0 atom stereocenters. The number of benzene rings is 4. The lowest BCUT2D eigenvalue weighted by molar-refractivity contribution is -0.170. The van der Waals surface area contributed by atoms with E-state index >= 15 is 0 Å². The van der Waals surface area contributed by atoms with Crippen molar-refractivity contribution in [1.29, 1.82) is 0 Å². The quantitative estimate of drug-likeness (QED) is 0.0485. The molecule has 0 radical (unpaired) electrons. The number of phenolic OH excluding ortho intramolecular Hbond substituents is 4. The monoisotopic (exact) mass is 1180 g/mol. The fourth-order valence-corrected chi connectivity index (χ4v) is 11.0. The molecule has 0 fully saturated rings. The fourth-order valence-electron chi connectivity index (χ4n) is 11.0. The number of ether oxygens (including phenoxy) is 4. The van der Waals surface area contributed by atoms with Crippen LogP contribution in [-0.4, -0.2) is 70.7 Å². The molecule has 4 aromatic rings. The van der Waals surface area contributed by atoms with Gasteiger partial charge in [-0.3, -0.25) is 19.2 Å². The van der Waals surface area contributed by atoms with E-state index in [4.69, 9.17) is 18.9 Å². The Morgan fingerprint density at radius 2 is 0.424 bits per heavy atom. The van der Waals surface area contributed by atoms with Gasteiger partial charge in [-0.15, -0.1) is 0 Å². The van der Waals surface area contributed by atoms with Gasteiger partial charge in [0.1, 0.15) is 54.8 Å². The van der Waals surface area contributed by atoms with Crippen LogP contribution in [-0.2, 0) is 107 Å². The molecule has 0 aliphatic rings. The number of phenols is 4. The third-order valence-corrected chi connectivity index (χ3v) is 15.9. The smallest absolute Gasteiger partial charge is 0.306 e. The first-order valence-electron chi connectivity index (χ1n) is 30.5. The maximum atomic E-state index is 14.2. The molecule has 85 heavy (non-hydrogen) atoms. The zero-order chi connectivity index (χ0) is 65.0. The van der Waals surface area contributed by atoms with Crippen LogP contribution in [0.25, 0.3) is 0 Å². The van der Waals surface area contributed by atoms with Gasteiger partial charge in [0.15, 0.2) is 0 Å². The van der Waals surface area contributed by atoms with Gasteiger partial charge in [-0.2, -0.15) is 0 Å². The molecule has 12 heteroatoms. The third-order valence-electron chi connectivity index (χ3n) is 15.9. The van der Waals surface area contributed by atoms with Crippen LogP contribution in [0.15, 0.2) is 48.5 Å². The van der Waals surface area contributed by atoms with E-state index in [2.05, 4.69) is 0 Å². The van der Waals surface area contributed by atoms with Crippen molar-refractivity contribution in [3.8, 4) is 23.0 Å². The number of hydrogen-bond acceptors (Lipinski definition) is 12. The van der Waals surface area contributed by atoms with Crippen molar-refractivity contribution in [1.82, 2.24) is 0 Å². The van der Waals surface area contributed by atoms with E-state index in [9.17, 15) is 39.6 Å². The summed E-state index contributed by atoms with van der Waals surface area (Å²) < 4.78 is 24.6. The summed E-state index contributed by atoms with van der Waals surface area (Å²) in [6, 6.07) is 14.9. The average Bonchev–Trinajstić information content (AvgIpc) is 2.00. The lowest BCUT2D eigenvalue weighted by Crippen LogP contribution is -2.44. The van der Waals surface area contributed by atoms with Crippen molar-refractivity contribution < 1.29 is 58.6 Å². The molecular formula is C73H108O12. The molecule has 0 spiro atoms. The van der Waals surface area contributed by atoms with Crippen molar-refractivity contribution >= 4 is 23.9 Å². The number of carbonyl (C=O) groups is 4. The minimum Gasteiger partial charge on any atom is -0.508 e. The number of rotatable bonds is 20. The first kappa shape index (κ1) is 71.4. The normalized spacial score (nSPS) is 13.2. The highest BCUT2D eigenvalue weighted by Gasteiger charge is 2.39. The molecule has 0 unspecified atom stereocenters. The van der Waals surface area contributed by atoms with E-state index in [1.807, 2.05) is 190 Å². The lowest BCUT2D eigenvalue weighted by atomic mass is 9.78. The summed E-state index contributed by atoms with van der Waals surface area (Å²) in [5.41, 5.74) is 5.38. The van der Waals surface area contributed by atoms with Crippen LogP contribution in [0.2, 0.25) is 0 Å². The Labute approximate surface area is 511 Å². The highest BCUT2D eigenvalue weighted by Crippen LogP contribution is 2.42. The van der Waals surface area contributed by atoms with Gasteiger partial charge in [0.25, 0.3) is 0 Å². The maximum Gasteiger partial charge on any atom is 0.306 e. The summed E-state index contributed by atoms with van der Waals surface area (Å²) in [6.45, 7) is 46.9.